The summed E-state index contributed by atoms with van der Waals surface area (Å²) in [6.45, 7) is 4.88. The Balaban J connectivity index is 1.33. The van der Waals surface area contributed by atoms with Gasteiger partial charge in [0.2, 0.25) is 11.8 Å². The third kappa shape index (κ3) is 5.90. The summed E-state index contributed by atoms with van der Waals surface area (Å²) in [7, 11) is 3.72. The van der Waals surface area contributed by atoms with E-state index in [9.17, 15) is 14.0 Å². The van der Waals surface area contributed by atoms with Gasteiger partial charge in [0.05, 0.1) is 24.9 Å². The van der Waals surface area contributed by atoms with Crippen LogP contribution >= 0.6 is 0 Å². The average molecular weight is 551 g/mol. The molecular formula is C28H32F2N8O2. The summed E-state index contributed by atoms with van der Waals surface area (Å²) < 4.78 is 39.7. The van der Waals surface area contributed by atoms with Crippen molar-refractivity contribution in [1.29, 1.82) is 5.26 Å². The van der Waals surface area contributed by atoms with Crippen LogP contribution in [0.4, 0.5) is 26.2 Å². The smallest absolute Gasteiger partial charge is 0.296 e. The first-order valence-corrected chi connectivity index (χ1v) is 13.2. The fourth-order valence-electron chi connectivity index (χ4n) is 4.85. The van der Waals surface area contributed by atoms with Gasteiger partial charge in [-0.2, -0.15) is 10.2 Å². The number of nitrogens with one attached hydrogen (secondary N) is 2. The second kappa shape index (κ2) is 11.6. The number of ether oxygens (including phenoxy) is 2. The number of rotatable bonds is 7. The molecule has 2 atom stereocenters. The Labute approximate surface area is 232 Å². The number of hydrogen-bond donors (Lipinski definition) is 2. The van der Waals surface area contributed by atoms with E-state index < -0.39 is 18.6 Å². The summed E-state index contributed by atoms with van der Waals surface area (Å²) in [5.74, 6) is -1.57. The van der Waals surface area contributed by atoms with Gasteiger partial charge in [-0.3, -0.25) is 0 Å². The molecule has 12 heteroatoms. The van der Waals surface area contributed by atoms with Crippen molar-refractivity contribution in [2.24, 2.45) is 0 Å². The topological polar surface area (TPSA) is 111 Å². The van der Waals surface area contributed by atoms with Gasteiger partial charge in [0, 0.05) is 43.9 Å². The summed E-state index contributed by atoms with van der Waals surface area (Å²) in [4.78, 5) is 18.1. The van der Waals surface area contributed by atoms with Crippen molar-refractivity contribution in [3.63, 3.8) is 0 Å². The molecule has 1 unspecified atom stereocenters. The zero-order valence-corrected chi connectivity index (χ0v) is 22.7. The van der Waals surface area contributed by atoms with Crippen LogP contribution in [0.3, 0.4) is 0 Å². The molecule has 1 aromatic carbocycles. The number of methoxy groups -OCH3 is 1. The molecule has 0 aliphatic carbocycles. The molecule has 2 aromatic heterocycles. The Kier molecular flexibility index (Phi) is 7.95. The number of halogens is 2. The normalized spacial score (nSPS) is 20.9. The lowest BCUT2D eigenvalue weighted by molar-refractivity contribution is -0.109. The van der Waals surface area contributed by atoms with Crippen LogP contribution in [0.5, 0.6) is 11.6 Å². The second-order valence-corrected chi connectivity index (χ2v) is 10.0. The maximum atomic E-state index is 14.2. The van der Waals surface area contributed by atoms with Gasteiger partial charge < -0.3 is 29.9 Å². The van der Waals surface area contributed by atoms with E-state index in [0.717, 1.165) is 25.3 Å². The summed E-state index contributed by atoms with van der Waals surface area (Å²) in [6.07, 6.45) is 0.445. The van der Waals surface area contributed by atoms with Crippen molar-refractivity contribution in [2.45, 2.75) is 31.4 Å². The van der Waals surface area contributed by atoms with Crippen molar-refractivity contribution >= 4 is 17.5 Å². The lowest BCUT2D eigenvalue weighted by Gasteiger charge is -2.39. The Hall–Kier alpha value is -4.08. The molecule has 2 aliphatic rings. The number of piperazine rings is 1. The maximum absolute atomic E-state index is 14.2. The first-order chi connectivity index (χ1) is 19.3. The van der Waals surface area contributed by atoms with E-state index in [0.29, 0.717) is 41.5 Å². The number of likely N-dealkylation sites (N-methyl/N-ethyl adjacent to an activating group) is 1. The van der Waals surface area contributed by atoms with Gasteiger partial charge in [-0.25, -0.2) is 18.7 Å². The van der Waals surface area contributed by atoms with E-state index in [1.807, 2.05) is 12.1 Å². The Morgan fingerprint density at radius 2 is 2.02 bits per heavy atom. The monoisotopic (exact) mass is 550 g/mol. The molecule has 2 saturated heterocycles. The summed E-state index contributed by atoms with van der Waals surface area (Å²) in [5.41, 5.74) is 2.25. The van der Waals surface area contributed by atoms with Gasteiger partial charge >= 0.3 is 0 Å². The maximum Gasteiger partial charge on any atom is 0.296 e. The molecule has 0 bridgehead atoms. The van der Waals surface area contributed by atoms with Crippen molar-refractivity contribution in [3.8, 4) is 29.0 Å². The predicted molar refractivity (Wildman–Crippen MR) is 147 cm³/mol. The number of nitriles is 1. The zero-order chi connectivity index (χ0) is 28.3. The van der Waals surface area contributed by atoms with Crippen LogP contribution in [0.15, 0.2) is 42.6 Å². The largest absolute Gasteiger partial charge is 0.483 e. The van der Waals surface area contributed by atoms with Gasteiger partial charge in [-0.05, 0) is 56.9 Å². The third-order valence-corrected chi connectivity index (χ3v) is 7.31. The van der Waals surface area contributed by atoms with E-state index in [1.54, 1.807) is 31.5 Å². The number of piperidine rings is 1. The van der Waals surface area contributed by atoms with Crippen molar-refractivity contribution < 1.29 is 18.3 Å². The van der Waals surface area contributed by atoms with Crippen LogP contribution in [0.25, 0.3) is 11.3 Å². The molecule has 0 radical (unpaired) electrons. The summed E-state index contributed by atoms with van der Waals surface area (Å²) in [6, 6.07) is 12.8. The number of alkyl halides is 2. The van der Waals surface area contributed by atoms with Crippen LogP contribution in [0, 0.1) is 11.3 Å². The van der Waals surface area contributed by atoms with Crippen LogP contribution in [-0.4, -0.2) is 84.8 Å². The van der Waals surface area contributed by atoms with E-state index >= 15 is 0 Å². The molecule has 0 saturated carbocycles. The van der Waals surface area contributed by atoms with E-state index in [2.05, 4.69) is 55.4 Å². The van der Waals surface area contributed by atoms with E-state index in [1.165, 1.54) is 6.07 Å². The van der Waals surface area contributed by atoms with Crippen molar-refractivity contribution in [1.82, 2.24) is 25.2 Å². The number of benzene rings is 1. The molecule has 0 amide bonds. The lowest BCUT2D eigenvalue weighted by atomic mass is 10.0. The lowest BCUT2D eigenvalue weighted by Crippen LogP contribution is -2.52. The predicted octanol–water partition coefficient (Wildman–Crippen LogP) is 3.68. The first kappa shape index (κ1) is 27.5. The molecule has 3 aromatic rings. The Morgan fingerprint density at radius 1 is 1.18 bits per heavy atom. The molecule has 2 aliphatic heterocycles. The zero-order valence-electron chi connectivity index (χ0n) is 22.7. The van der Waals surface area contributed by atoms with Gasteiger partial charge in [-0.15, -0.1) is 0 Å². The first-order valence-electron chi connectivity index (χ1n) is 13.2. The third-order valence-electron chi connectivity index (χ3n) is 7.31. The highest BCUT2D eigenvalue weighted by atomic mass is 19.3. The minimum absolute atomic E-state index is 0.122. The number of aromatic nitrogens is 3. The second-order valence-electron chi connectivity index (χ2n) is 10.0. The molecular weight excluding hydrogens is 518 g/mol. The highest BCUT2D eigenvalue weighted by Crippen LogP contribution is 2.33. The highest BCUT2D eigenvalue weighted by Gasteiger charge is 2.43. The summed E-state index contributed by atoms with van der Waals surface area (Å²) >= 11 is 0. The van der Waals surface area contributed by atoms with Crippen LogP contribution < -0.4 is 25.0 Å². The number of hydrogen-bond acceptors (Lipinski definition) is 10. The van der Waals surface area contributed by atoms with Gasteiger partial charge in [-0.1, -0.05) is 0 Å². The highest BCUT2D eigenvalue weighted by molar-refractivity contribution is 5.66. The minimum Gasteiger partial charge on any atom is -0.483 e. The fraction of sp³-hybridized carbons (Fsp3) is 0.429. The van der Waals surface area contributed by atoms with Crippen LogP contribution in [0.1, 0.15) is 18.9 Å². The molecule has 2 fully saturated rings. The van der Waals surface area contributed by atoms with Crippen LogP contribution in [-0.2, 0) is 0 Å². The molecule has 4 heterocycles. The van der Waals surface area contributed by atoms with E-state index in [-0.39, 0.29) is 17.7 Å². The number of anilines is 3. The average Bonchev–Trinajstić information content (AvgIpc) is 2.96. The number of pyridine rings is 1. The SMILES string of the molecule is COc1nc(Nc2nccc(-c3ccc(OC4CCNCC4(F)F)c(C#N)c3)n2)ccc1N1CCN(C)[C@@H](C)C1. The van der Waals surface area contributed by atoms with Gasteiger partial charge in [0.25, 0.3) is 5.92 Å². The minimum atomic E-state index is -3.02. The molecule has 0 spiro atoms. The molecule has 2 N–H and O–H groups in total. The van der Waals surface area contributed by atoms with Crippen LogP contribution in [0.2, 0.25) is 0 Å². The molecule has 210 valence electrons. The van der Waals surface area contributed by atoms with E-state index in [4.69, 9.17) is 9.47 Å². The molecule has 40 heavy (non-hydrogen) atoms. The van der Waals surface area contributed by atoms with Crippen molar-refractivity contribution in [3.05, 3.63) is 48.2 Å². The molecule has 10 nitrogen and oxygen atoms in total. The fourth-order valence-corrected chi connectivity index (χ4v) is 4.85. The van der Waals surface area contributed by atoms with Gasteiger partial charge in [0.15, 0.2) is 6.10 Å². The van der Waals surface area contributed by atoms with Crippen molar-refractivity contribution in [2.75, 3.05) is 57.1 Å². The Bertz CT molecular complexity index is 1400. The quantitative estimate of drug-likeness (QED) is 0.452. The van der Waals surface area contributed by atoms with Gasteiger partial charge in [0.1, 0.15) is 23.3 Å². The Morgan fingerprint density at radius 3 is 2.77 bits per heavy atom. The molecule has 5 rings (SSSR count). The summed E-state index contributed by atoms with van der Waals surface area (Å²) in [5, 5.41) is 15.5. The standard InChI is InChI=1S/C28H32F2N8O2/c1-18-16-38(13-12-37(18)2)22-5-7-25(35-26(22)39-3)36-27-33-11-8-21(34-27)19-4-6-23(20(14-19)15-31)40-24-9-10-32-17-28(24,29)30/h4-8,11,14,18,24,32H,9-10,12-13,16-17H2,1-3H3,(H,33,34,35,36)/t18-,24?/m0/s1. The number of nitrogens with zero attached hydrogens (tertiary/aromatic N) is 6.